The number of anilines is 1. The van der Waals surface area contributed by atoms with E-state index in [4.69, 9.17) is 0 Å². The van der Waals surface area contributed by atoms with Crippen molar-refractivity contribution in [3.05, 3.63) is 60.2 Å². The van der Waals surface area contributed by atoms with Gasteiger partial charge >= 0.3 is 0 Å². The van der Waals surface area contributed by atoms with E-state index in [2.05, 4.69) is 10.0 Å². The van der Waals surface area contributed by atoms with Gasteiger partial charge < -0.3 is 5.32 Å². The molecule has 0 radical (unpaired) electrons. The molecule has 0 saturated heterocycles. The molecule has 22 heavy (non-hydrogen) atoms. The van der Waals surface area contributed by atoms with Gasteiger partial charge in [-0.15, -0.1) is 0 Å². The van der Waals surface area contributed by atoms with Crippen molar-refractivity contribution < 1.29 is 13.2 Å². The second kappa shape index (κ2) is 6.72. The number of hydrogen-bond acceptors (Lipinski definition) is 3. The van der Waals surface area contributed by atoms with Crippen LogP contribution in [-0.2, 0) is 10.0 Å². The number of para-hydroxylation sites is 1. The van der Waals surface area contributed by atoms with Crippen LogP contribution in [0.15, 0.2) is 59.5 Å². The van der Waals surface area contributed by atoms with Crippen LogP contribution in [0.4, 0.5) is 5.69 Å². The van der Waals surface area contributed by atoms with Gasteiger partial charge in [0.05, 0.1) is 4.90 Å². The standard InChI is InChI=1S/C16H18N2O3S/c1-12(2)18-22(20,21)15-10-6-7-13(11-15)16(19)17-14-8-4-3-5-9-14/h3-12,18H,1-2H3,(H,17,19). The van der Waals surface area contributed by atoms with Crippen molar-refractivity contribution >= 4 is 21.6 Å². The second-order valence-corrected chi connectivity index (χ2v) is 6.84. The summed E-state index contributed by atoms with van der Waals surface area (Å²) in [7, 11) is -3.62. The Morgan fingerprint density at radius 1 is 1.00 bits per heavy atom. The molecule has 0 bridgehead atoms. The Hall–Kier alpha value is -2.18. The number of rotatable bonds is 5. The maximum absolute atomic E-state index is 12.2. The fourth-order valence-electron chi connectivity index (χ4n) is 1.91. The first-order chi connectivity index (χ1) is 10.4. The van der Waals surface area contributed by atoms with Crippen molar-refractivity contribution in [1.82, 2.24) is 4.72 Å². The van der Waals surface area contributed by atoms with Crippen molar-refractivity contribution in [2.45, 2.75) is 24.8 Å². The zero-order valence-electron chi connectivity index (χ0n) is 12.4. The third kappa shape index (κ3) is 4.16. The highest BCUT2D eigenvalue weighted by Gasteiger charge is 2.17. The van der Waals surface area contributed by atoms with Gasteiger partial charge in [0.25, 0.3) is 5.91 Å². The summed E-state index contributed by atoms with van der Waals surface area (Å²) in [5.74, 6) is -0.354. The average Bonchev–Trinajstić information content (AvgIpc) is 2.47. The molecule has 0 heterocycles. The number of amides is 1. The van der Waals surface area contributed by atoms with Crippen LogP contribution in [0.25, 0.3) is 0 Å². The lowest BCUT2D eigenvalue weighted by Gasteiger charge is -2.11. The summed E-state index contributed by atoms with van der Waals surface area (Å²) < 4.78 is 26.8. The van der Waals surface area contributed by atoms with Crippen molar-refractivity contribution in [3.63, 3.8) is 0 Å². The Morgan fingerprint density at radius 2 is 1.68 bits per heavy atom. The molecule has 1 amide bonds. The Morgan fingerprint density at radius 3 is 2.32 bits per heavy atom. The van der Waals surface area contributed by atoms with Gasteiger partial charge in [0.15, 0.2) is 0 Å². The summed E-state index contributed by atoms with van der Waals surface area (Å²) >= 11 is 0. The molecule has 0 spiro atoms. The monoisotopic (exact) mass is 318 g/mol. The van der Waals surface area contributed by atoms with E-state index >= 15 is 0 Å². The van der Waals surface area contributed by atoms with Crippen molar-refractivity contribution in [1.29, 1.82) is 0 Å². The van der Waals surface area contributed by atoms with E-state index in [1.165, 1.54) is 12.1 Å². The fourth-order valence-corrected chi connectivity index (χ4v) is 3.20. The van der Waals surface area contributed by atoms with E-state index in [9.17, 15) is 13.2 Å². The van der Waals surface area contributed by atoms with Crippen molar-refractivity contribution in [2.75, 3.05) is 5.32 Å². The van der Waals surface area contributed by atoms with E-state index in [0.717, 1.165) is 0 Å². The summed E-state index contributed by atoms with van der Waals surface area (Å²) in [4.78, 5) is 12.3. The lowest BCUT2D eigenvalue weighted by atomic mass is 10.2. The molecule has 0 atom stereocenters. The minimum atomic E-state index is -3.62. The highest BCUT2D eigenvalue weighted by atomic mass is 32.2. The highest BCUT2D eigenvalue weighted by molar-refractivity contribution is 7.89. The van der Waals surface area contributed by atoms with Crippen LogP contribution in [0.1, 0.15) is 24.2 Å². The number of carbonyl (C=O) groups excluding carboxylic acids is 1. The van der Waals surface area contributed by atoms with E-state index in [1.54, 1.807) is 38.1 Å². The van der Waals surface area contributed by atoms with Gasteiger partial charge in [0, 0.05) is 17.3 Å². The Balaban J connectivity index is 2.23. The molecule has 116 valence electrons. The molecule has 5 nitrogen and oxygen atoms in total. The first kappa shape index (κ1) is 16.2. The molecule has 0 fully saturated rings. The highest BCUT2D eigenvalue weighted by Crippen LogP contribution is 2.14. The van der Waals surface area contributed by atoms with Gasteiger partial charge in [-0.05, 0) is 44.2 Å². The lowest BCUT2D eigenvalue weighted by Crippen LogP contribution is -2.30. The minimum absolute atomic E-state index is 0.0712. The van der Waals surface area contributed by atoms with Gasteiger partial charge in [0.1, 0.15) is 0 Å². The van der Waals surface area contributed by atoms with Gasteiger partial charge in [0.2, 0.25) is 10.0 Å². The van der Waals surface area contributed by atoms with Crippen LogP contribution in [0.5, 0.6) is 0 Å². The van der Waals surface area contributed by atoms with Crippen LogP contribution < -0.4 is 10.0 Å². The van der Waals surface area contributed by atoms with E-state index in [-0.39, 0.29) is 22.4 Å². The molecule has 0 aliphatic heterocycles. The average molecular weight is 318 g/mol. The van der Waals surface area contributed by atoms with Crippen LogP contribution in [0.2, 0.25) is 0 Å². The SMILES string of the molecule is CC(C)NS(=O)(=O)c1cccc(C(=O)Nc2ccccc2)c1. The molecule has 0 aromatic heterocycles. The normalized spacial score (nSPS) is 11.4. The van der Waals surface area contributed by atoms with Crippen molar-refractivity contribution in [3.8, 4) is 0 Å². The van der Waals surface area contributed by atoms with Gasteiger partial charge in [-0.3, -0.25) is 4.79 Å². The molecule has 0 saturated carbocycles. The molecular weight excluding hydrogens is 300 g/mol. The second-order valence-electron chi connectivity index (χ2n) is 5.12. The summed E-state index contributed by atoms with van der Waals surface area (Å²) in [6.45, 7) is 3.48. The zero-order chi connectivity index (χ0) is 16.2. The molecular formula is C16H18N2O3S. The molecule has 0 aliphatic carbocycles. The topological polar surface area (TPSA) is 75.3 Å². The molecule has 0 unspecified atom stereocenters. The van der Waals surface area contributed by atoms with Gasteiger partial charge in [-0.2, -0.15) is 0 Å². The van der Waals surface area contributed by atoms with Gasteiger partial charge in [-0.25, -0.2) is 13.1 Å². The zero-order valence-corrected chi connectivity index (χ0v) is 13.2. The Labute approximate surface area is 130 Å². The predicted octanol–water partition coefficient (Wildman–Crippen LogP) is 2.63. The van der Waals surface area contributed by atoms with E-state index in [1.807, 2.05) is 18.2 Å². The molecule has 0 aliphatic rings. The molecule has 2 N–H and O–H groups in total. The largest absolute Gasteiger partial charge is 0.322 e. The number of sulfonamides is 1. The number of nitrogens with one attached hydrogen (secondary N) is 2. The maximum atomic E-state index is 12.2. The summed E-state index contributed by atoms with van der Waals surface area (Å²) in [5, 5.41) is 2.72. The van der Waals surface area contributed by atoms with E-state index < -0.39 is 10.0 Å². The van der Waals surface area contributed by atoms with Gasteiger partial charge in [-0.1, -0.05) is 24.3 Å². The first-order valence-corrected chi connectivity index (χ1v) is 8.35. The van der Waals surface area contributed by atoms with E-state index in [0.29, 0.717) is 5.69 Å². The summed E-state index contributed by atoms with van der Waals surface area (Å²) in [6.07, 6.45) is 0. The molecule has 2 aromatic rings. The third-order valence-corrected chi connectivity index (χ3v) is 4.49. The third-order valence-electron chi connectivity index (χ3n) is 2.83. The minimum Gasteiger partial charge on any atom is -0.322 e. The first-order valence-electron chi connectivity index (χ1n) is 6.87. The molecule has 6 heteroatoms. The summed E-state index contributed by atoms with van der Waals surface area (Å²) in [6, 6.07) is 14.7. The van der Waals surface area contributed by atoms with Crippen LogP contribution in [0, 0.1) is 0 Å². The number of benzene rings is 2. The summed E-state index contributed by atoms with van der Waals surface area (Å²) in [5.41, 5.74) is 0.941. The smallest absolute Gasteiger partial charge is 0.255 e. The van der Waals surface area contributed by atoms with Crippen LogP contribution in [0.3, 0.4) is 0 Å². The van der Waals surface area contributed by atoms with Crippen LogP contribution in [-0.4, -0.2) is 20.4 Å². The number of hydrogen-bond donors (Lipinski definition) is 2. The Bertz CT molecular complexity index is 756. The Kier molecular flexibility index (Phi) is 4.95. The molecule has 2 rings (SSSR count). The predicted molar refractivity (Wildman–Crippen MR) is 86.3 cm³/mol. The van der Waals surface area contributed by atoms with Crippen LogP contribution >= 0.6 is 0 Å². The number of carbonyl (C=O) groups is 1. The quantitative estimate of drug-likeness (QED) is 0.890. The van der Waals surface area contributed by atoms with Crippen molar-refractivity contribution in [2.24, 2.45) is 0 Å². The lowest BCUT2D eigenvalue weighted by molar-refractivity contribution is 0.102. The fraction of sp³-hybridized carbons (Fsp3) is 0.188. The molecule has 2 aromatic carbocycles. The maximum Gasteiger partial charge on any atom is 0.255 e.